The molecule has 1 saturated carbocycles. The first-order chi connectivity index (χ1) is 16.1. The number of hydrogen-bond donors (Lipinski definition) is 1. The minimum atomic E-state index is -0.749. The Bertz CT molecular complexity index is 1030. The monoisotopic (exact) mass is 466 g/mol. The molecule has 1 N–H and O–H groups in total. The zero-order chi connectivity index (χ0) is 24.3. The van der Waals surface area contributed by atoms with Gasteiger partial charge in [-0.15, -0.1) is 0 Å². The van der Waals surface area contributed by atoms with Crippen LogP contribution in [-0.4, -0.2) is 51.6 Å². The van der Waals surface area contributed by atoms with Gasteiger partial charge in [0.15, 0.2) is 11.6 Å². The maximum Gasteiger partial charge on any atom is 0.180 e. The molecule has 2 aliphatic rings. The van der Waals surface area contributed by atoms with Crippen molar-refractivity contribution < 1.29 is 14.6 Å². The van der Waals surface area contributed by atoms with Crippen molar-refractivity contribution in [1.29, 1.82) is 0 Å². The van der Waals surface area contributed by atoms with E-state index in [4.69, 9.17) is 14.7 Å². The van der Waals surface area contributed by atoms with Crippen LogP contribution in [0.4, 0.5) is 5.82 Å². The number of carbonyl (C=O) groups excluding carboxylic acids is 1. The highest BCUT2D eigenvalue weighted by Crippen LogP contribution is 2.32. The third-order valence-corrected chi connectivity index (χ3v) is 6.67. The SMILES string of the molecule is CN(CC(=O)CC(C)(C)C)c1nc(-c2cc(OCC3(O)CCCCC3)ccn2)nc2c1CCC2. The zero-order valence-corrected chi connectivity index (χ0v) is 21.1. The summed E-state index contributed by atoms with van der Waals surface area (Å²) in [5, 5.41) is 10.8. The van der Waals surface area contributed by atoms with Crippen LogP contribution in [0.1, 0.15) is 77.0 Å². The van der Waals surface area contributed by atoms with E-state index in [0.717, 1.165) is 62.0 Å². The van der Waals surface area contributed by atoms with Crippen LogP contribution >= 0.6 is 0 Å². The molecule has 0 atom stereocenters. The van der Waals surface area contributed by atoms with Crippen LogP contribution in [0.3, 0.4) is 0 Å². The average molecular weight is 467 g/mol. The molecule has 0 saturated heterocycles. The lowest BCUT2D eigenvalue weighted by molar-refractivity contribution is -0.119. The van der Waals surface area contributed by atoms with Gasteiger partial charge < -0.3 is 14.7 Å². The van der Waals surface area contributed by atoms with Crippen LogP contribution in [0.5, 0.6) is 5.75 Å². The van der Waals surface area contributed by atoms with Gasteiger partial charge in [0.1, 0.15) is 23.9 Å². The van der Waals surface area contributed by atoms with Crippen molar-refractivity contribution in [2.45, 2.75) is 84.2 Å². The minimum absolute atomic E-state index is 0.0359. The van der Waals surface area contributed by atoms with E-state index in [1.807, 2.05) is 18.0 Å². The van der Waals surface area contributed by atoms with Crippen LogP contribution in [0.2, 0.25) is 0 Å². The lowest BCUT2D eigenvalue weighted by atomic mass is 9.85. The molecule has 2 aliphatic carbocycles. The number of aryl methyl sites for hydroxylation is 1. The number of likely N-dealkylation sites (N-methyl/N-ethyl adjacent to an activating group) is 1. The number of ether oxygens (including phenoxy) is 1. The van der Waals surface area contributed by atoms with Gasteiger partial charge in [0, 0.05) is 37.0 Å². The molecule has 7 heteroatoms. The molecule has 1 fully saturated rings. The van der Waals surface area contributed by atoms with E-state index in [1.165, 1.54) is 6.42 Å². The summed E-state index contributed by atoms with van der Waals surface area (Å²) in [5.74, 6) is 2.23. The third kappa shape index (κ3) is 6.12. The number of ketones is 1. The summed E-state index contributed by atoms with van der Waals surface area (Å²) in [7, 11) is 1.93. The Morgan fingerprint density at radius 3 is 2.65 bits per heavy atom. The zero-order valence-electron chi connectivity index (χ0n) is 21.1. The third-order valence-electron chi connectivity index (χ3n) is 6.67. The molecule has 0 aromatic carbocycles. The molecule has 0 radical (unpaired) electrons. The second kappa shape index (κ2) is 9.98. The summed E-state index contributed by atoms with van der Waals surface area (Å²) in [6.07, 6.45) is 9.92. The molecular formula is C27H38N4O3. The van der Waals surface area contributed by atoms with Crippen LogP contribution in [-0.2, 0) is 17.6 Å². The largest absolute Gasteiger partial charge is 0.490 e. The molecular weight excluding hydrogens is 428 g/mol. The number of aliphatic hydroxyl groups is 1. The molecule has 0 amide bonds. The average Bonchev–Trinajstić information content (AvgIpc) is 3.25. The van der Waals surface area contributed by atoms with Gasteiger partial charge in [-0.3, -0.25) is 9.78 Å². The highest BCUT2D eigenvalue weighted by molar-refractivity contribution is 5.84. The van der Waals surface area contributed by atoms with Crippen molar-refractivity contribution in [3.05, 3.63) is 29.6 Å². The highest BCUT2D eigenvalue weighted by atomic mass is 16.5. The van der Waals surface area contributed by atoms with Gasteiger partial charge in [-0.25, -0.2) is 9.97 Å². The Morgan fingerprint density at radius 1 is 1.15 bits per heavy atom. The maximum atomic E-state index is 12.6. The van der Waals surface area contributed by atoms with E-state index < -0.39 is 5.60 Å². The topological polar surface area (TPSA) is 88.4 Å². The number of carbonyl (C=O) groups is 1. The van der Waals surface area contributed by atoms with Crippen LogP contribution in [0.15, 0.2) is 18.3 Å². The van der Waals surface area contributed by atoms with Gasteiger partial charge in [-0.2, -0.15) is 0 Å². The van der Waals surface area contributed by atoms with Gasteiger partial charge >= 0.3 is 0 Å². The van der Waals surface area contributed by atoms with E-state index in [2.05, 4.69) is 25.8 Å². The standard InChI is InChI=1S/C27H38N4O3/c1-26(2,3)16-19(32)17-31(4)25-21-9-8-10-22(21)29-24(30-25)23-15-20(11-14-28-23)34-18-27(33)12-6-5-7-13-27/h11,14-15,33H,5-10,12-13,16-18H2,1-4H3. The van der Waals surface area contributed by atoms with Crippen molar-refractivity contribution in [3.63, 3.8) is 0 Å². The molecule has 0 unspecified atom stereocenters. The molecule has 2 heterocycles. The number of nitrogens with zero attached hydrogens (tertiary/aromatic N) is 4. The van der Waals surface area contributed by atoms with E-state index in [1.54, 1.807) is 12.3 Å². The summed E-state index contributed by atoms with van der Waals surface area (Å²) in [5.41, 5.74) is 2.03. The molecule has 4 rings (SSSR count). The molecule has 7 nitrogen and oxygen atoms in total. The van der Waals surface area contributed by atoms with Crippen molar-refractivity contribution in [2.24, 2.45) is 5.41 Å². The van der Waals surface area contributed by atoms with Crippen molar-refractivity contribution in [1.82, 2.24) is 15.0 Å². The van der Waals surface area contributed by atoms with E-state index in [9.17, 15) is 9.90 Å². The summed E-state index contributed by atoms with van der Waals surface area (Å²) in [6, 6.07) is 3.65. The van der Waals surface area contributed by atoms with Gasteiger partial charge in [0.05, 0.1) is 12.1 Å². The van der Waals surface area contributed by atoms with Crippen molar-refractivity contribution in [3.8, 4) is 17.3 Å². The molecule has 184 valence electrons. The molecule has 34 heavy (non-hydrogen) atoms. The number of aromatic nitrogens is 3. The fraction of sp³-hybridized carbons (Fsp3) is 0.630. The summed E-state index contributed by atoms with van der Waals surface area (Å²) in [4.78, 5) is 28.8. The molecule has 2 aromatic heterocycles. The number of anilines is 1. The number of rotatable bonds is 8. The van der Waals surface area contributed by atoms with Crippen molar-refractivity contribution >= 4 is 11.6 Å². The van der Waals surface area contributed by atoms with Gasteiger partial charge in [-0.05, 0) is 43.6 Å². The Balaban J connectivity index is 1.54. The lowest BCUT2D eigenvalue weighted by Gasteiger charge is -2.31. The van der Waals surface area contributed by atoms with Gasteiger partial charge in [0.25, 0.3) is 0 Å². The van der Waals surface area contributed by atoms with E-state index in [0.29, 0.717) is 30.2 Å². The summed E-state index contributed by atoms with van der Waals surface area (Å²) in [6.45, 7) is 6.86. The quantitative estimate of drug-likeness (QED) is 0.611. The normalized spacial score (nSPS) is 17.3. The van der Waals surface area contributed by atoms with Gasteiger partial charge in [-0.1, -0.05) is 40.0 Å². The second-order valence-corrected chi connectivity index (χ2v) is 11.2. The Hall–Kier alpha value is -2.54. The van der Waals surface area contributed by atoms with E-state index in [-0.39, 0.29) is 17.8 Å². The van der Waals surface area contributed by atoms with Crippen LogP contribution in [0, 0.1) is 5.41 Å². The molecule has 0 bridgehead atoms. The first kappa shape index (κ1) is 24.6. The Labute approximate surface area is 203 Å². The number of hydrogen-bond acceptors (Lipinski definition) is 7. The number of Topliss-reactive ketones (excluding diaryl/α,β-unsaturated/α-hetero) is 1. The fourth-order valence-electron chi connectivity index (χ4n) is 5.02. The molecule has 0 spiro atoms. The second-order valence-electron chi connectivity index (χ2n) is 11.2. The summed E-state index contributed by atoms with van der Waals surface area (Å²) < 4.78 is 5.98. The Morgan fingerprint density at radius 2 is 1.91 bits per heavy atom. The predicted molar refractivity (Wildman–Crippen MR) is 133 cm³/mol. The fourth-order valence-corrected chi connectivity index (χ4v) is 5.02. The predicted octanol–water partition coefficient (Wildman–Crippen LogP) is 4.54. The smallest absolute Gasteiger partial charge is 0.180 e. The lowest BCUT2D eigenvalue weighted by Crippen LogP contribution is -2.37. The maximum absolute atomic E-state index is 12.6. The van der Waals surface area contributed by atoms with Crippen molar-refractivity contribution in [2.75, 3.05) is 25.1 Å². The summed E-state index contributed by atoms with van der Waals surface area (Å²) >= 11 is 0. The number of pyridine rings is 1. The first-order valence-electron chi connectivity index (χ1n) is 12.6. The van der Waals surface area contributed by atoms with Crippen LogP contribution in [0.25, 0.3) is 11.5 Å². The highest BCUT2D eigenvalue weighted by Gasteiger charge is 2.30. The minimum Gasteiger partial charge on any atom is -0.490 e. The molecule has 0 aliphatic heterocycles. The first-order valence-corrected chi connectivity index (χ1v) is 12.6. The Kier molecular flexibility index (Phi) is 7.22. The molecule has 2 aromatic rings. The van der Waals surface area contributed by atoms with Crippen LogP contribution < -0.4 is 9.64 Å². The van der Waals surface area contributed by atoms with E-state index >= 15 is 0 Å². The van der Waals surface area contributed by atoms with Gasteiger partial charge in [0.2, 0.25) is 0 Å². The number of fused-ring (bicyclic) bond motifs is 1.